The summed E-state index contributed by atoms with van der Waals surface area (Å²) in [4.78, 5) is 19.9. The Balaban J connectivity index is 1.34. The number of nitrogens with zero attached hydrogens (tertiary/aromatic N) is 3. The first-order valence-electron chi connectivity index (χ1n) is 11.3. The molecule has 0 bridgehead atoms. The topological polar surface area (TPSA) is 52.0 Å². The Morgan fingerprint density at radius 3 is 2.67 bits per heavy atom. The number of hydrogen-bond acceptors (Lipinski definition) is 4. The molecule has 1 aromatic heterocycles. The van der Waals surface area contributed by atoms with Crippen LogP contribution in [0.5, 0.6) is 0 Å². The summed E-state index contributed by atoms with van der Waals surface area (Å²) in [5.74, 6) is 0.890. The maximum atomic E-state index is 13.0. The van der Waals surface area contributed by atoms with Crippen LogP contribution in [0.4, 0.5) is 4.79 Å². The minimum Gasteiger partial charge on any atom is -0.467 e. The lowest BCUT2D eigenvalue weighted by molar-refractivity contribution is 0.148. The third-order valence-electron chi connectivity index (χ3n) is 6.32. The summed E-state index contributed by atoms with van der Waals surface area (Å²) in [6.45, 7) is 6.78. The van der Waals surface area contributed by atoms with Crippen molar-refractivity contribution in [2.45, 2.75) is 44.8 Å². The number of urea groups is 1. The Morgan fingerprint density at radius 2 is 1.87 bits per heavy atom. The van der Waals surface area contributed by atoms with Gasteiger partial charge in [-0.15, -0.1) is 0 Å². The third-order valence-corrected chi connectivity index (χ3v) is 6.32. The lowest BCUT2D eigenvalue weighted by Crippen LogP contribution is -2.43. The van der Waals surface area contributed by atoms with Gasteiger partial charge >= 0.3 is 6.03 Å². The standard InChI is InChI=1S/C24H34N4O2/c1-26-12-14-27(15-13-26)19-21-8-5-7-20(17-21)18-25-24(29)28-11-4-2-3-9-22(28)23-10-6-16-30-23/h5-8,10,16-17,22H,2-4,9,11-15,18-19H2,1H3,(H,25,29). The first-order chi connectivity index (χ1) is 14.7. The summed E-state index contributed by atoms with van der Waals surface area (Å²) < 4.78 is 5.64. The number of likely N-dealkylation sites (tertiary alicyclic amines) is 1. The molecule has 4 rings (SSSR count). The van der Waals surface area contributed by atoms with Crippen LogP contribution in [0.25, 0.3) is 0 Å². The van der Waals surface area contributed by atoms with E-state index in [0.29, 0.717) is 6.54 Å². The van der Waals surface area contributed by atoms with E-state index in [-0.39, 0.29) is 12.1 Å². The molecule has 1 unspecified atom stereocenters. The van der Waals surface area contributed by atoms with Crippen LogP contribution in [0.15, 0.2) is 47.1 Å². The van der Waals surface area contributed by atoms with Crippen molar-refractivity contribution in [3.8, 4) is 0 Å². The molecule has 0 spiro atoms. The molecule has 6 nitrogen and oxygen atoms in total. The quantitative estimate of drug-likeness (QED) is 0.813. The second kappa shape index (κ2) is 10.1. The first kappa shape index (κ1) is 20.9. The van der Waals surface area contributed by atoms with Crippen molar-refractivity contribution in [1.29, 1.82) is 0 Å². The van der Waals surface area contributed by atoms with Crippen LogP contribution < -0.4 is 5.32 Å². The molecule has 2 saturated heterocycles. The van der Waals surface area contributed by atoms with Crippen LogP contribution in [0.1, 0.15) is 48.6 Å². The second-order valence-corrected chi connectivity index (χ2v) is 8.63. The number of piperazine rings is 1. The number of rotatable bonds is 5. The monoisotopic (exact) mass is 410 g/mol. The number of carbonyl (C=O) groups excluding carboxylic acids is 1. The molecule has 162 valence electrons. The smallest absolute Gasteiger partial charge is 0.318 e. The molecule has 2 fully saturated rings. The molecule has 1 N–H and O–H groups in total. The minimum atomic E-state index is 0.00257. The normalized spacial score (nSPS) is 21.4. The molecule has 30 heavy (non-hydrogen) atoms. The van der Waals surface area contributed by atoms with Gasteiger partial charge in [-0.25, -0.2) is 4.79 Å². The average molecular weight is 411 g/mol. The zero-order valence-corrected chi connectivity index (χ0v) is 18.1. The summed E-state index contributed by atoms with van der Waals surface area (Å²) >= 11 is 0. The summed E-state index contributed by atoms with van der Waals surface area (Å²) in [7, 11) is 2.18. The molecule has 1 aromatic carbocycles. The highest BCUT2D eigenvalue weighted by molar-refractivity contribution is 5.74. The van der Waals surface area contributed by atoms with Crippen LogP contribution >= 0.6 is 0 Å². The Hall–Kier alpha value is -2.31. The lowest BCUT2D eigenvalue weighted by atomic mass is 10.1. The number of hydrogen-bond donors (Lipinski definition) is 1. The number of amides is 2. The highest BCUT2D eigenvalue weighted by atomic mass is 16.3. The van der Waals surface area contributed by atoms with Gasteiger partial charge in [0.05, 0.1) is 12.3 Å². The van der Waals surface area contributed by atoms with Gasteiger partial charge in [0.2, 0.25) is 0 Å². The van der Waals surface area contributed by atoms with Gasteiger partial charge in [0.1, 0.15) is 5.76 Å². The summed E-state index contributed by atoms with van der Waals surface area (Å²) in [6, 6.07) is 12.5. The van der Waals surface area contributed by atoms with E-state index < -0.39 is 0 Å². The summed E-state index contributed by atoms with van der Waals surface area (Å²) in [6.07, 6.45) is 5.99. The van der Waals surface area contributed by atoms with Gasteiger partial charge in [-0.05, 0) is 43.1 Å². The van der Waals surface area contributed by atoms with Crippen molar-refractivity contribution < 1.29 is 9.21 Å². The van der Waals surface area contributed by atoms with Crippen LogP contribution in [0, 0.1) is 0 Å². The molecule has 1 atom stereocenters. The number of furan rings is 1. The van der Waals surface area contributed by atoms with Crippen LogP contribution in [0.2, 0.25) is 0 Å². The summed E-state index contributed by atoms with van der Waals surface area (Å²) in [5, 5.41) is 3.15. The van der Waals surface area contributed by atoms with Crippen molar-refractivity contribution in [3.05, 3.63) is 59.5 Å². The van der Waals surface area contributed by atoms with Crippen molar-refractivity contribution in [2.24, 2.45) is 0 Å². The Bertz CT molecular complexity index is 799. The van der Waals surface area contributed by atoms with E-state index in [4.69, 9.17) is 4.42 Å². The van der Waals surface area contributed by atoms with Crippen LogP contribution in [0.3, 0.4) is 0 Å². The molecule has 0 aliphatic carbocycles. The molecule has 3 heterocycles. The zero-order valence-electron chi connectivity index (χ0n) is 18.1. The van der Waals surface area contributed by atoms with Crippen LogP contribution in [-0.4, -0.2) is 60.5 Å². The zero-order chi connectivity index (χ0) is 20.8. The molecule has 2 amide bonds. The van der Waals surface area contributed by atoms with Gasteiger partial charge in [0, 0.05) is 45.8 Å². The lowest BCUT2D eigenvalue weighted by Gasteiger charge is -2.32. The van der Waals surface area contributed by atoms with Crippen molar-refractivity contribution in [1.82, 2.24) is 20.0 Å². The number of nitrogens with one attached hydrogen (secondary N) is 1. The molecule has 2 aromatic rings. The summed E-state index contributed by atoms with van der Waals surface area (Å²) in [5.41, 5.74) is 2.47. The predicted molar refractivity (Wildman–Crippen MR) is 118 cm³/mol. The highest BCUT2D eigenvalue weighted by Gasteiger charge is 2.28. The fourth-order valence-electron chi connectivity index (χ4n) is 4.51. The number of carbonyl (C=O) groups is 1. The Kier molecular flexibility index (Phi) is 7.07. The fourth-order valence-corrected chi connectivity index (χ4v) is 4.51. The molecule has 2 aliphatic heterocycles. The van der Waals surface area contributed by atoms with E-state index in [2.05, 4.69) is 46.4 Å². The van der Waals surface area contributed by atoms with Gasteiger partial charge in [-0.1, -0.05) is 37.1 Å². The Morgan fingerprint density at radius 1 is 1.03 bits per heavy atom. The Labute approximate surface area is 179 Å². The maximum Gasteiger partial charge on any atom is 0.318 e. The van der Waals surface area contributed by atoms with Gasteiger partial charge in [-0.3, -0.25) is 4.90 Å². The molecular formula is C24H34N4O2. The highest BCUT2D eigenvalue weighted by Crippen LogP contribution is 2.30. The van der Waals surface area contributed by atoms with Crippen molar-refractivity contribution >= 4 is 6.03 Å². The average Bonchev–Trinajstić information content (AvgIpc) is 3.18. The molecule has 0 radical (unpaired) electrons. The third kappa shape index (κ3) is 5.43. The van der Waals surface area contributed by atoms with Gasteiger partial charge in [0.15, 0.2) is 0 Å². The number of likely N-dealkylation sites (N-methyl/N-ethyl adjacent to an activating group) is 1. The van der Waals surface area contributed by atoms with Crippen LogP contribution in [-0.2, 0) is 13.1 Å². The van der Waals surface area contributed by atoms with Gasteiger partial charge in [0.25, 0.3) is 0 Å². The predicted octanol–water partition coefficient (Wildman–Crippen LogP) is 3.85. The SMILES string of the molecule is CN1CCN(Cc2cccc(CNC(=O)N3CCCCCC3c3ccco3)c2)CC1. The van der Waals surface area contributed by atoms with Crippen molar-refractivity contribution in [3.63, 3.8) is 0 Å². The molecule has 6 heteroatoms. The van der Waals surface area contributed by atoms with Gasteiger partial charge < -0.3 is 19.5 Å². The molecular weight excluding hydrogens is 376 g/mol. The fraction of sp³-hybridized carbons (Fsp3) is 0.542. The van der Waals surface area contributed by atoms with E-state index in [1.807, 2.05) is 17.0 Å². The van der Waals surface area contributed by atoms with Crippen molar-refractivity contribution in [2.75, 3.05) is 39.8 Å². The maximum absolute atomic E-state index is 13.0. The van der Waals surface area contributed by atoms with E-state index >= 15 is 0 Å². The molecule has 2 aliphatic rings. The number of benzene rings is 1. The minimum absolute atomic E-state index is 0.00257. The first-order valence-corrected chi connectivity index (χ1v) is 11.3. The van der Waals surface area contributed by atoms with E-state index in [9.17, 15) is 4.79 Å². The second-order valence-electron chi connectivity index (χ2n) is 8.63. The van der Waals surface area contributed by atoms with E-state index in [0.717, 1.165) is 76.3 Å². The largest absolute Gasteiger partial charge is 0.467 e. The van der Waals surface area contributed by atoms with Gasteiger partial charge in [-0.2, -0.15) is 0 Å². The van der Waals surface area contributed by atoms with E-state index in [1.165, 1.54) is 5.56 Å². The van der Waals surface area contributed by atoms with E-state index in [1.54, 1.807) is 6.26 Å². The molecule has 0 saturated carbocycles.